The van der Waals surface area contributed by atoms with E-state index in [0.29, 0.717) is 18.7 Å². The predicted octanol–water partition coefficient (Wildman–Crippen LogP) is 2.73. The van der Waals surface area contributed by atoms with Gasteiger partial charge < -0.3 is 5.32 Å². The molecule has 5 nitrogen and oxygen atoms in total. The van der Waals surface area contributed by atoms with Gasteiger partial charge in [0, 0.05) is 12.2 Å². The van der Waals surface area contributed by atoms with Crippen molar-refractivity contribution < 1.29 is 13.2 Å². The van der Waals surface area contributed by atoms with E-state index in [1.54, 1.807) is 19.1 Å². The maximum atomic E-state index is 12.2. The number of aryl methyl sites for hydroxylation is 1. The number of carbonyl (C=O) groups excluding carboxylic acids is 1. The van der Waals surface area contributed by atoms with Gasteiger partial charge in [-0.2, -0.15) is 0 Å². The van der Waals surface area contributed by atoms with Crippen LogP contribution in [-0.4, -0.2) is 26.6 Å². The first-order chi connectivity index (χ1) is 11.9. The fourth-order valence-electron chi connectivity index (χ4n) is 2.40. The lowest BCUT2D eigenvalue weighted by atomic mass is 10.1. The Morgan fingerprint density at radius 3 is 2.32 bits per heavy atom. The number of sulfonamides is 1. The van der Waals surface area contributed by atoms with Crippen LogP contribution in [0.1, 0.15) is 18.1 Å². The van der Waals surface area contributed by atoms with Crippen LogP contribution in [0.25, 0.3) is 0 Å². The van der Waals surface area contributed by atoms with E-state index in [0.717, 1.165) is 11.1 Å². The summed E-state index contributed by atoms with van der Waals surface area (Å²) in [5.74, 6) is -1.14. The van der Waals surface area contributed by atoms with Crippen molar-refractivity contribution in [2.75, 3.05) is 17.0 Å². The Hall–Kier alpha value is -2.34. The molecule has 25 heavy (non-hydrogen) atoms. The van der Waals surface area contributed by atoms with Crippen molar-refractivity contribution in [1.29, 1.82) is 0 Å². The van der Waals surface area contributed by atoms with Crippen molar-refractivity contribution in [3.05, 3.63) is 65.7 Å². The maximum absolute atomic E-state index is 12.2. The standard InChI is InChI=1S/C19H24N2O3S/c1-15-8-10-18(11-9-15)21-25(23,24)14-16(2)19(22)20-13-12-17-6-4-3-5-7-17/h3-11,16,21H,12-14H2,1-2H3,(H,20,22). The normalized spacial score (nSPS) is 12.4. The second-order valence-corrected chi connectivity index (χ2v) is 7.94. The average molecular weight is 360 g/mol. The Labute approximate surface area is 149 Å². The summed E-state index contributed by atoms with van der Waals surface area (Å²) in [4.78, 5) is 12.1. The molecule has 2 aromatic carbocycles. The van der Waals surface area contributed by atoms with E-state index >= 15 is 0 Å². The minimum Gasteiger partial charge on any atom is -0.356 e. The molecule has 0 aliphatic heterocycles. The van der Waals surface area contributed by atoms with E-state index in [2.05, 4.69) is 10.0 Å². The molecule has 0 saturated carbocycles. The number of anilines is 1. The number of amides is 1. The van der Waals surface area contributed by atoms with Crippen LogP contribution >= 0.6 is 0 Å². The predicted molar refractivity (Wildman–Crippen MR) is 101 cm³/mol. The first-order valence-electron chi connectivity index (χ1n) is 8.24. The number of carbonyl (C=O) groups is 1. The molecular weight excluding hydrogens is 336 g/mol. The monoisotopic (exact) mass is 360 g/mol. The van der Waals surface area contributed by atoms with Crippen molar-refractivity contribution >= 4 is 21.6 Å². The molecule has 0 fully saturated rings. The Kier molecular flexibility index (Phi) is 6.58. The van der Waals surface area contributed by atoms with Gasteiger partial charge in [0.25, 0.3) is 0 Å². The van der Waals surface area contributed by atoms with Crippen molar-refractivity contribution in [2.45, 2.75) is 20.3 Å². The van der Waals surface area contributed by atoms with Crippen LogP contribution in [-0.2, 0) is 21.2 Å². The van der Waals surface area contributed by atoms with E-state index < -0.39 is 15.9 Å². The molecule has 2 aromatic rings. The Morgan fingerprint density at radius 1 is 1.04 bits per heavy atom. The SMILES string of the molecule is Cc1ccc(NS(=O)(=O)CC(C)C(=O)NCCc2ccccc2)cc1. The Bertz CT molecular complexity index is 787. The van der Waals surface area contributed by atoms with Crippen molar-refractivity contribution in [1.82, 2.24) is 5.32 Å². The maximum Gasteiger partial charge on any atom is 0.233 e. The highest BCUT2D eigenvalue weighted by molar-refractivity contribution is 7.92. The van der Waals surface area contributed by atoms with Crippen LogP contribution in [0.15, 0.2) is 54.6 Å². The van der Waals surface area contributed by atoms with Crippen LogP contribution in [0.3, 0.4) is 0 Å². The first kappa shape index (κ1) is 19.0. The summed E-state index contributed by atoms with van der Waals surface area (Å²) in [6.45, 7) is 4.03. The van der Waals surface area contributed by atoms with Gasteiger partial charge >= 0.3 is 0 Å². The zero-order chi connectivity index (χ0) is 18.3. The molecule has 1 amide bonds. The highest BCUT2D eigenvalue weighted by Gasteiger charge is 2.21. The second kappa shape index (κ2) is 8.67. The lowest BCUT2D eigenvalue weighted by Crippen LogP contribution is -2.35. The molecule has 0 aromatic heterocycles. The van der Waals surface area contributed by atoms with Gasteiger partial charge in [0.15, 0.2) is 0 Å². The van der Waals surface area contributed by atoms with Crippen LogP contribution in [0, 0.1) is 12.8 Å². The zero-order valence-corrected chi connectivity index (χ0v) is 15.3. The zero-order valence-electron chi connectivity index (χ0n) is 14.5. The number of hydrogen-bond acceptors (Lipinski definition) is 3. The number of hydrogen-bond donors (Lipinski definition) is 2. The Morgan fingerprint density at radius 2 is 1.68 bits per heavy atom. The van der Waals surface area contributed by atoms with Crippen molar-refractivity contribution in [3.8, 4) is 0 Å². The van der Waals surface area contributed by atoms with Gasteiger partial charge in [-0.25, -0.2) is 8.42 Å². The molecule has 2 rings (SSSR count). The minimum atomic E-state index is -3.58. The highest BCUT2D eigenvalue weighted by Crippen LogP contribution is 2.12. The molecule has 0 aliphatic rings. The van der Waals surface area contributed by atoms with Gasteiger partial charge in [0.05, 0.1) is 11.7 Å². The van der Waals surface area contributed by atoms with Crippen LogP contribution < -0.4 is 10.0 Å². The summed E-state index contributed by atoms with van der Waals surface area (Å²) in [7, 11) is -3.58. The topological polar surface area (TPSA) is 75.3 Å². The van der Waals surface area contributed by atoms with E-state index in [4.69, 9.17) is 0 Å². The summed E-state index contributed by atoms with van der Waals surface area (Å²) in [5, 5.41) is 2.79. The quantitative estimate of drug-likeness (QED) is 0.760. The molecule has 6 heteroatoms. The van der Waals surface area contributed by atoms with E-state index in [9.17, 15) is 13.2 Å². The van der Waals surface area contributed by atoms with Gasteiger partial charge in [0.1, 0.15) is 0 Å². The average Bonchev–Trinajstić information content (AvgIpc) is 2.57. The first-order valence-corrected chi connectivity index (χ1v) is 9.90. The minimum absolute atomic E-state index is 0.252. The molecule has 0 bridgehead atoms. The van der Waals surface area contributed by atoms with Gasteiger partial charge in [-0.3, -0.25) is 9.52 Å². The van der Waals surface area contributed by atoms with E-state index in [-0.39, 0.29) is 11.7 Å². The molecule has 0 saturated heterocycles. The summed E-state index contributed by atoms with van der Waals surface area (Å²) < 4.78 is 26.9. The molecule has 0 radical (unpaired) electrons. The van der Waals surface area contributed by atoms with Crippen molar-refractivity contribution in [3.63, 3.8) is 0 Å². The fourth-order valence-corrected chi connectivity index (χ4v) is 3.78. The molecule has 0 heterocycles. The molecule has 2 N–H and O–H groups in total. The lowest BCUT2D eigenvalue weighted by Gasteiger charge is -2.14. The van der Waals surface area contributed by atoms with Crippen LogP contribution in [0.5, 0.6) is 0 Å². The number of rotatable bonds is 8. The molecule has 0 spiro atoms. The smallest absolute Gasteiger partial charge is 0.233 e. The van der Waals surface area contributed by atoms with Crippen LogP contribution in [0.4, 0.5) is 5.69 Å². The number of nitrogens with one attached hydrogen (secondary N) is 2. The summed E-state index contributed by atoms with van der Waals surface area (Å²) in [6, 6.07) is 16.9. The van der Waals surface area contributed by atoms with Crippen molar-refractivity contribution in [2.24, 2.45) is 5.92 Å². The highest BCUT2D eigenvalue weighted by atomic mass is 32.2. The van der Waals surface area contributed by atoms with Gasteiger partial charge in [0.2, 0.25) is 15.9 Å². The van der Waals surface area contributed by atoms with Gasteiger partial charge in [-0.05, 0) is 31.0 Å². The van der Waals surface area contributed by atoms with Gasteiger partial charge in [-0.1, -0.05) is 55.0 Å². The van der Waals surface area contributed by atoms with Crippen LogP contribution in [0.2, 0.25) is 0 Å². The molecule has 1 atom stereocenters. The van der Waals surface area contributed by atoms with E-state index in [1.165, 1.54) is 0 Å². The lowest BCUT2D eigenvalue weighted by molar-refractivity contribution is -0.123. The number of benzene rings is 2. The van der Waals surface area contributed by atoms with E-state index in [1.807, 2.05) is 49.4 Å². The summed E-state index contributed by atoms with van der Waals surface area (Å²) in [5.41, 5.74) is 2.68. The molecule has 0 aliphatic carbocycles. The molecule has 134 valence electrons. The third kappa shape index (κ3) is 6.58. The molecule has 1 unspecified atom stereocenters. The van der Waals surface area contributed by atoms with Gasteiger partial charge in [-0.15, -0.1) is 0 Å². The molecular formula is C19H24N2O3S. The Balaban J connectivity index is 1.81. The largest absolute Gasteiger partial charge is 0.356 e. The summed E-state index contributed by atoms with van der Waals surface area (Å²) in [6.07, 6.45) is 0.716. The third-order valence-corrected chi connectivity index (χ3v) is 5.28. The second-order valence-electron chi connectivity index (χ2n) is 6.18. The third-order valence-electron chi connectivity index (χ3n) is 3.80. The fraction of sp³-hybridized carbons (Fsp3) is 0.316. The summed E-state index contributed by atoms with van der Waals surface area (Å²) >= 11 is 0.